The van der Waals surface area contributed by atoms with Crippen LogP contribution in [0, 0.1) is 0 Å². The van der Waals surface area contributed by atoms with Crippen LogP contribution in [0.15, 0.2) is 35.7 Å². The van der Waals surface area contributed by atoms with Gasteiger partial charge in [0, 0.05) is 24.7 Å². The standard InChI is InChI=1S/C20H26N2O5/c1-4-25-19(23)15-10-11-17(27-20(24)26-5-2)14-12-13-8-6-7-9-16(13)22(3)18(14)21-15/h6-9,15,17,21H,4-5,10-12H2,1-3H3. The van der Waals surface area contributed by atoms with Crippen LogP contribution < -0.4 is 10.2 Å². The Morgan fingerprint density at radius 1 is 1.15 bits per heavy atom. The molecule has 146 valence electrons. The summed E-state index contributed by atoms with van der Waals surface area (Å²) in [5.41, 5.74) is 3.15. The first-order valence-corrected chi connectivity index (χ1v) is 9.36. The van der Waals surface area contributed by atoms with Gasteiger partial charge in [-0.05, 0) is 38.3 Å². The zero-order valence-electron chi connectivity index (χ0n) is 16.0. The third-order valence-electron chi connectivity index (χ3n) is 4.86. The third kappa shape index (κ3) is 4.02. The molecule has 2 heterocycles. The highest BCUT2D eigenvalue weighted by Crippen LogP contribution is 2.36. The summed E-state index contributed by atoms with van der Waals surface area (Å²) >= 11 is 0. The minimum Gasteiger partial charge on any atom is -0.464 e. The summed E-state index contributed by atoms with van der Waals surface area (Å²) in [6, 6.07) is 7.58. The number of benzene rings is 1. The zero-order chi connectivity index (χ0) is 19.4. The number of esters is 1. The van der Waals surface area contributed by atoms with E-state index in [4.69, 9.17) is 14.2 Å². The topological polar surface area (TPSA) is 77.1 Å². The lowest BCUT2D eigenvalue weighted by molar-refractivity contribution is -0.145. The number of para-hydroxylation sites is 1. The van der Waals surface area contributed by atoms with E-state index < -0.39 is 18.3 Å². The first-order chi connectivity index (χ1) is 13.0. The van der Waals surface area contributed by atoms with Crippen molar-refractivity contribution in [3.05, 3.63) is 41.2 Å². The number of fused-ring (bicyclic) bond motifs is 1. The SMILES string of the molecule is CCOC(=O)OC1CCC(C(=O)OCC)NC2=C1Cc1ccccc1N2C. The highest BCUT2D eigenvalue weighted by molar-refractivity contribution is 5.77. The maximum absolute atomic E-state index is 12.4. The zero-order valence-corrected chi connectivity index (χ0v) is 16.0. The van der Waals surface area contributed by atoms with Crippen molar-refractivity contribution in [2.75, 3.05) is 25.2 Å². The van der Waals surface area contributed by atoms with E-state index in [0.717, 1.165) is 22.6 Å². The molecule has 0 fully saturated rings. The van der Waals surface area contributed by atoms with Crippen molar-refractivity contribution in [3.8, 4) is 0 Å². The second-order valence-corrected chi connectivity index (χ2v) is 6.55. The van der Waals surface area contributed by atoms with E-state index in [-0.39, 0.29) is 12.6 Å². The van der Waals surface area contributed by atoms with E-state index in [2.05, 4.69) is 11.4 Å². The average molecular weight is 374 g/mol. The Hall–Kier alpha value is -2.70. The van der Waals surface area contributed by atoms with Crippen LogP contribution in [-0.4, -0.2) is 44.5 Å². The maximum Gasteiger partial charge on any atom is 0.508 e. The van der Waals surface area contributed by atoms with Gasteiger partial charge in [-0.25, -0.2) is 9.59 Å². The molecule has 1 aromatic carbocycles. The molecule has 1 aromatic rings. The number of nitrogens with one attached hydrogen (secondary N) is 1. The van der Waals surface area contributed by atoms with Crippen molar-refractivity contribution in [1.29, 1.82) is 0 Å². The lowest BCUT2D eigenvalue weighted by Gasteiger charge is -2.34. The number of rotatable bonds is 4. The maximum atomic E-state index is 12.4. The van der Waals surface area contributed by atoms with E-state index in [9.17, 15) is 9.59 Å². The Balaban J connectivity index is 1.94. The molecular formula is C20H26N2O5. The van der Waals surface area contributed by atoms with Crippen LogP contribution in [0.4, 0.5) is 10.5 Å². The fraction of sp³-hybridized carbons (Fsp3) is 0.500. The van der Waals surface area contributed by atoms with Gasteiger partial charge < -0.3 is 24.4 Å². The van der Waals surface area contributed by atoms with Crippen molar-refractivity contribution >= 4 is 17.8 Å². The van der Waals surface area contributed by atoms with Gasteiger partial charge in [-0.3, -0.25) is 0 Å². The van der Waals surface area contributed by atoms with Crippen LogP contribution in [0.1, 0.15) is 32.3 Å². The summed E-state index contributed by atoms with van der Waals surface area (Å²) in [4.78, 5) is 26.3. The van der Waals surface area contributed by atoms with Crippen molar-refractivity contribution in [1.82, 2.24) is 5.32 Å². The molecule has 0 spiro atoms. The largest absolute Gasteiger partial charge is 0.508 e. The third-order valence-corrected chi connectivity index (χ3v) is 4.86. The Morgan fingerprint density at radius 3 is 2.63 bits per heavy atom. The van der Waals surface area contributed by atoms with Gasteiger partial charge >= 0.3 is 12.1 Å². The van der Waals surface area contributed by atoms with Crippen LogP contribution in [0.2, 0.25) is 0 Å². The van der Waals surface area contributed by atoms with Crippen molar-refractivity contribution < 1.29 is 23.8 Å². The molecule has 27 heavy (non-hydrogen) atoms. The highest BCUT2D eigenvalue weighted by Gasteiger charge is 2.36. The molecule has 7 heteroatoms. The number of hydrogen-bond acceptors (Lipinski definition) is 7. The van der Waals surface area contributed by atoms with Gasteiger partial charge in [0.1, 0.15) is 18.0 Å². The number of carbonyl (C=O) groups excluding carboxylic acids is 2. The van der Waals surface area contributed by atoms with E-state index in [0.29, 0.717) is 25.9 Å². The van der Waals surface area contributed by atoms with Crippen LogP contribution in [0.25, 0.3) is 0 Å². The quantitative estimate of drug-likeness (QED) is 0.812. The predicted molar refractivity (Wildman–Crippen MR) is 100 cm³/mol. The predicted octanol–water partition coefficient (Wildman–Crippen LogP) is 2.75. The molecule has 2 aliphatic rings. The van der Waals surface area contributed by atoms with Crippen molar-refractivity contribution in [2.45, 2.75) is 45.3 Å². The first-order valence-electron chi connectivity index (χ1n) is 9.36. The summed E-state index contributed by atoms with van der Waals surface area (Å²) in [5.74, 6) is 0.493. The Labute approximate surface area is 159 Å². The number of ether oxygens (including phenoxy) is 3. The minimum absolute atomic E-state index is 0.254. The smallest absolute Gasteiger partial charge is 0.464 e. The monoisotopic (exact) mass is 374 g/mol. The Morgan fingerprint density at radius 2 is 1.89 bits per heavy atom. The van der Waals surface area contributed by atoms with Crippen LogP contribution in [0.3, 0.4) is 0 Å². The Bertz CT molecular complexity index is 746. The summed E-state index contributed by atoms with van der Waals surface area (Å²) in [6.07, 6.45) is 0.513. The van der Waals surface area contributed by atoms with Gasteiger partial charge in [-0.2, -0.15) is 0 Å². The molecule has 0 amide bonds. The molecule has 0 radical (unpaired) electrons. The van der Waals surface area contributed by atoms with Crippen LogP contribution >= 0.6 is 0 Å². The number of hydrogen-bond donors (Lipinski definition) is 1. The molecule has 0 aromatic heterocycles. The van der Waals surface area contributed by atoms with Gasteiger partial charge in [0.05, 0.1) is 13.2 Å². The summed E-state index contributed by atoms with van der Waals surface area (Å²) in [6.45, 7) is 4.10. The van der Waals surface area contributed by atoms with Gasteiger partial charge in [0.25, 0.3) is 0 Å². The molecular weight excluding hydrogens is 348 g/mol. The summed E-state index contributed by atoms with van der Waals surface area (Å²) < 4.78 is 15.8. The number of carbonyl (C=O) groups is 2. The van der Waals surface area contributed by atoms with Gasteiger partial charge in [0.2, 0.25) is 0 Å². The van der Waals surface area contributed by atoms with Gasteiger partial charge in [-0.1, -0.05) is 18.2 Å². The van der Waals surface area contributed by atoms with Crippen molar-refractivity contribution in [2.24, 2.45) is 0 Å². The Kier molecular flexibility index (Phi) is 5.88. The molecule has 0 saturated heterocycles. The molecule has 7 nitrogen and oxygen atoms in total. The van der Waals surface area contributed by atoms with E-state index in [1.165, 1.54) is 0 Å². The summed E-state index contributed by atoms with van der Waals surface area (Å²) in [5, 5.41) is 3.33. The summed E-state index contributed by atoms with van der Waals surface area (Å²) in [7, 11) is 1.94. The highest BCUT2D eigenvalue weighted by atomic mass is 16.7. The van der Waals surface area contributed by atoms with Crippen LogP contribution in [-0.2, 0) is 25.4 Å². The second kappa shape index (κ2) is 8.33. The molecule has 2 unspecified atom stereocenters. The molecule has 0 bridgehead atoms. The van der Waals surface area contributed by atoms with E-state index in [1.54, 1.807) is 13.8 Å². The lowest BCUT2D eigenvalue weighted by atomic mass is 9.93. The molecule has 2 aliphatic heterocycles. The second-order valence-electron chi connectivity index (χ2n) is 6.55. The average Bonchev–Trinajstić information content (AvgIpc) is 2.83. The molecule has 0 saturated carbocycles. The molecule has 3 rings (SSSR count). The van der Waals surface area contributed by atoms with E-state index in [1.807, 2.05) is 30.1 Å². The van der Waals surface area contributed by atoms with Gasteiger partial charge in [0.15, 0.2) is 0 Å². The normalized spacial score (nSPS) is 21.4. The first kappa shape index (κ1) is 19.1. The number of nitrogens with zero attached hydrogens (tertiary/aromatic N) is 1. The lowest BCUT2D eigenvalue weighted by Crippen LogP contribution is -2.43. The minimum atomic E-state index is -0.689. The fourth-order valence-electron chi connectivity index (χ4n) is 3.62. The van der Waals surface area contributed by atoms with E-state index >= 15 is 0 Å². The van der Waals surface area contributed by atoms with Crippen LogP contribution in [0.5, 0.6) is 0 Å². The fourth-order valence-corrected chi connectivity index (χ4v) is 3.62. The molecule has 2 atom stereocenters. The molecule has 0 aliphatic carbocycles. The number of anilines is 1. The molecule has 1 N–H and O–H groups in total. The van der Waals surface area contributed by atoms with Gasteiger partial charge in [-0.15, -0.1) is 0 Å². The van der Waals surface area contributed by atoms with Crippen molar-refractivity contribution in [3.63, 3.8) is 0 Å².